The maximum absolute atomic E-state index is 13.0. The SMILES string of the molecule is O=C(O)[C@H](Oc1cccc(F)c1)c1ccccc1. The van der Waals surface area contributed by atoms with Crippen molar-refractivity contribution in [1.82, 2.24) is 0 Å². The van der Waals surface area contributed by atoms with Gasteiger partial charge in [-0.2, -0.15) is 0 Å². The molecule has 1 N–H and O–H groups in total. The minimum atomic E-state index is -1.15. The van der Waals surface area contributed by atoms with Crippen LogP contribution in [-0.4, -0.2) is 11.1 Å². The maximum atomic E-state index is 13.0. The molecule has 0 aliphatic carbocycles. The number of hydrogen-bond acceptors (Lipinski definition) is 2. The van der Waals surface area contributed by atoms with Crippen LogP contribution in [0.3, 0.4) is 0 Å². The normalized spacial score (nSPS) is 11.8. The molecule has 0 aliphatic rings. The summed E-state index contributed by atoms with van der Waals surface area (Å²) in [4.78, 5) is 11.2. The molecule has 3 nitrogen and oxygen atoms in total. The molecule has 0 saturated heterocycles. The van der Waals surface area contributed by atoms with Gasteiger partial charge in [-0.3, -0.25) is 0 Å². The molecule has 4 heteroatoms. The van der Waals surface area contributed by atoms with E-state index in [2.05, 4.69) is 0 Å². The lowest BCUT2D eigenvalue weighted by Gasteiger charge is -2.15. The van der Waals surface area contributed by atoms with E-state index in [4.69, 9.17) is 9.84 Å². The van der Waals surface area contributed by atoms with Crippen LogP contribution in [0.5, 0.6) is 5.75 Å². The van der Waals surface area contributed by atoms with Crippen LogP contribution in [0.2, 0.25) is 0 Å². The monoisotopic (exact) mass is 246 g/mol. The molecule has 0 heterocycles. The lowest BCUT2D eigenvalue weighted by atomic mass is 10.1. The number of ether oxygens (including phenoxy) is 1. The molecule has 0 unspecified atom stereocenters. The molecule has 1 atom stereocenters. The second-order valence-corrected chi connectivity index (χ2v) is 3.70. The van der Waals surface area contributed by atoms with E-state index in [1.54, 1.807) is 30.3 Å². The number of hydrogen-bond donors (Lipinski definition) is 1. The molecule has 0 saturated carbocycles. The largest absolute Gasteiger partial charge is 0.478 e. The van der Waals surface area contributed by atoms with Gasteiger partial charge in [-0.25, -0.2) is 9.18 Å². The lowest BCUT2D eigenvalue weighted by molar-refractivity contribution is -0.145. The van der Waals surface area contributed by atoms with Gasteiger partial charge in [-0.15, -0.1) is 0 Å². The maximum Gasteiger partial charge on any atom is 0.349 e. The first-order valence-electron chi connectivity index (χ1n) is 5.37. The molecule has 18 heavy (non-hydrogen) atoms. The van der Waals surface area contributed by atoms with Gasteiger partial charge in [0, 0.05) is 11.6 Å². The van der Waals surface area contributed by atoms with Gasteiger partial charge in [0.05, 0.1) is 0 Å². The van der Waals surface area contributed by atoms with E-state index in [0.717, 1.165) is 6.07 Å². The number of carboxylic acid groups (broad SMARTS) is 1. The standard InChI is InChI=1S/C14H11FO3/c15-11-7-4-8-12(9-11)18-13(14(16)17)10-5-2-1-3-6-10/h1-9,13H,(H,16,17)/t13-/m1/s1. The molecule has 0 aromatic heterocycles. The molecule has 2 rings (SSSR count). The Hall–Kier alpha value is -2.36. The summed E-state index contributed by atoms with van der Waals surface area (Å²) in [6, 6.07) is 13.9. The zero-order valence-corrected chi connectivity index (χ0v) is 9.42. The van der Waals surface area contributed by atoms with Crippen molar-refractivity contribution in [3.63, 3.8) is 0 Å². The van der Waals surface area contributed by atoms with Crippen molar-refractivity contribution in [3.8, 4) is 5.75 Å². The smallest absolute Gasteiger partial charge is 0.349 e. The van der Waals surface area contributed by atoms with Crippen molar-refractivity contribution < 1.29 is 19.0 Å². The van der Waals surface area contributed by atoms with Gasteiger partial charge in [0.2, 0.25) is 6.10 Å². The number of halogens is 1. The minimum Gasteiger partial charge on any atom is -0.478 e. The van der Waals surface area contributed by atoms with Crippen LogP contribution in [0, 0.1) is 5.82 Å². The van der Waals surface area contributed by atoms with E-state index in [-0.39, 0.29) is 5.75 Å². The Morgan fingerprint density at radius 2 is 1.83 bits per heavy atom. The fourth-order valence-corrected chi connectivity index (χ4v) is 1.57. The van der Waals surface area contributed by atoms with E-state index in [0.29, 0.717) is 5.56 Å². The molecule has 92 valence electrons. The summed E-state index contributed by atoms with van der Waals surface area (Å²) >= 11 is 0. The number of carboxylic acids is 1. The van der Waals surface area contributed by atoms with Crippen molar-refractivity contribution in [1.29, 1.82) is 0 Å². The Balaban J connectivity index is 2.25. The van der Waals surface area contributed by atoms with Gasteiger partial charge in [-0.1, -0.05) is 36.4 Å². The average molecular weight is 246 g/mol. The summed E-state index contributed by atoms with van der Waals surface area (Å²) in [5.41, 5.74) is 0.509. The Labute approximate surface area is 103 Å². The highest BCUT2D eigenvalue weighted by Gasteiger charge is 2.21. The molecular weight excluding hydrogens is 235 g/mol. The zero-order chi connectivity index (χ0) is 13.0. The van der Waals surface area contributed by atoms with E-state index in [1.165, 1.54) is 18.2 Å². The molecule has 0 spiro atoms. The van der Waals surface area contributed by atoms with Gasteiger partial charge < -0.3 is 9.84 Å². The highest BCUT2D eigenvalue weighted by Crippen LogP contribution is 2.22. The summed E-state index contributed by atoms with van der Waals surface area (Å²) in [7, 11) is 0. The summed E-state index contributed by atoms with van der Waals surface area (Å²) in [6.07, 6.45) is -1.15. The van der Waals surface area contributed by atoms with Crippen molar-refractivity contribution >= 4 is 5.97 Å². The zero-order valence-electron chi connectivity index (χ0n) is 9.42. The average Bonchev–Trinajstić information content (AvgIpc) is 2.37. The molecule has 2 aromatic carbocycles. The van der Waals surface area contributed by atoms with Crippen molar-refractivity contribution in [2.24, 2.45) is 0 Å². The Morgan fingerprint density at radius 3 is 2.44 bits per heavy atom. The summed E-state index contributed by atoms with van der Waals surface area (Å²) in [5, 5.41) is 9.14. The van der Waals surface area contributed by atoms with Crippen LogP contribution in [0.15, 0.2) is 54.6 Å². The predicted molar refractivity (Wildman–Crippen MR) is 63.8 cm³/mol. The number of carbonyl (C=O) groups is 1. The first-order chi connectivity index (χ1) is 8.66. The first-order valence-corrected chi connectivity index (χ1v) is 5.37. The van der Waals surface area contributed by atoms with E-state index in [9.17, 15) is 9.18 Å². The molecular formula is C14H11FO3. The van der Waals surface area contributed by atoms with Crippen LogP contribution >= 0.6 is 0 Å². The second-order valence-electron chi connectivity index (χ2n) is 3.70. The molecule has 0 aliphatic heterocycles. The van der Waals surface area contributed by atoms with Gasteiger partial charge in [0.25, 0.3) is 0 Å². The topological polar surface area (TPSA) is 46.5 Å². The third-order valence-electron chi connectivity index (χ3n) is 2.38. The number of aliphatic carboxylic acids is 1. The number of rotatable bonds is 4. The lowest BCUT2D eigenvalue weighted by Crippen LogP contribution is -2.18. The first kappa shape index (κ1) is 12.1. The Kier molecular flexibility index (Phi) is 3.57. The fraction of sp³-hybridized carbons (Fsp3) is 0.0714. The van der Waals surface area contributed by atoms with Gasteiger partial charge in [0.15, 0.2) is 0 Å². The highest BCUT2D eigenvalue weighted by atomic mass is 19.1. The molecule has 0 bridgehead atoms. The summed E-state index contributed by atoms with van der Waals surface area (Å²) in [5.74, 6) is -1.40. The van der Waals surface area contributed by atoms with Gasteiger partial charge >= 0.3 is 5.97 Å². The van der Waals surface area contributed by atoms with Gasteiger partial charge in [0.1, 0.15) is 11.6 Å². The van der Waals surface area contributed by atoms with E-state index in [1.807, 2.05) is 0 Å². The number of benzene rings is 2. The second kappa shape index (κ2) is 5.31. The summed E-state index contributed by atoms with van der Waals surface area (Å²) in [6.45, 7) is 0. The van der Waals surface area contributed by atoms with E-state index >= 15 is 0 Å². The highest BCUT2D eigenvalue weighted by molar-refractivity contribution is 5.74. The predicted octanol–water partition coefficient (Wildman–Crippen LogP) is 3.03. The van der Waals surface area contributed by atoms with Crippen molar-refractivity contribution in [3.05, 3.63) is 66.0 Å². The Bertz CT molecular complexity index is 540. The van der Waals surface area contributed by atoms with Crippen LogP contribution in [0.1, 0.15) is 11.7 Å². The third kappa shape index (κ3) is 2.85. The molecule has 2 aromatic rings. The van der Waals surface area contributed by atoms with Crippen LogP contribution < -0.4 is 4.74 Å². The van der Waals surface area contributed by atoms with Gasteiger partial charge in [-0.05, 0) is 12.1 Å². The van der Waals surface area contributed by atoms with Crippen molar-refractivity contribution in [2.75, 3.05) is 0 Å². The Morgan fingerprint density at radius 1 is 1.11 bits per heavy atom. The molecule has 0 fully saturated rings. The molecule has 0 amide bonds. The third-order valence-corrected chi connectivity index (χ3v) is 2.38. The fourth-order valence-electron chi connectivity index (χ4n) is 1.57. The van der Waals surface area contributed by atoms with Crippen LogP contribution in [0.25, 0.3) is 0 Å². The van der Waals surface area contributed by atoms with Crippen molar-refractivity contribution in [2.45, 2.75) is 6.10 Å². The van der Waals surface area contributed by atoms with Crippen LogP contribution in [0.4, 0.5) is 4.39 Å². The molecule has 0 radical (unpaired) electrons. The quantitative estimate of drug-likeness (QED) is 0.901. The van der Waals surface area contributed by atoms with Crippen LogP contribution in [-0.2, 0) is 4.79 Å². The minimum absolute atomic E-state index is 0.186. The van der Waals surface area contributed by atoms with E-state index < -0.39 is 17.9 Å². The summed E-state index contributed by atoms with van der Waals surface area (Å²) < 4.78 is 18.3.